The highest BCUT2D eigenvalue weighted by Crippen LogP contribution is 2.36. The number of H-pyrrole nitrogens is 1. The maximum Gasteiger partial charge on any atom is 0.257 e. The summed E-state index contributed by atoms with van der Waals surface area (Å²) < 4.78 is 26.8. The molecule has 0 aliphatic heterocycles. The molecule has 0 atom stereocenters. The van der Waals surface area contributed by atoms with Gasteiger partial charge in [0.15, 0.2) is 5.03 Å². The number of aromatic nitrogens is 2. The molecule has 0 bridgehead atoms. The molecule has 0 unspecified atom stereocenters. The van der Waals surface area contributed by atoms with Crippen molar-refractivity contribution in [3.8, 4) is 0 Å². The Kier molecular flexibility index (Phi) is 3.74. The Labute approximate surface area is 107 Å². The highest BCUT2D eigenvalue weighted by atomic mass is 32.2. The number of sulfonamides is 1. The van der Waals surface area contributed by atoms with Crippen molar-refractivity contribution >= 4 is 10.0 Å². The van der Waals surface area contributed by atoms with Gasteiger partial charge < -0.3 is 5.11 Å². The fraction of sp³-hybridized carbons (Fsp3) is 0.727. The molecule has 0 aromatic carbocycles. The average molecular weight is 273 g/mol. The van der Waals surface area contributed by atoms with Gasteiger partial charge in [-0.05, 0) is 18.3 Å². The smallest absolute Gasteiger partial charge is 0.257 e. The summed E-state index contributed by atoms with van der Waals surface area (Å²) in [5, 5.41) is 15.1. The lowest BCUT2D eigenvalue weighted by Crippen LogP contribution is -2.34. The quantitative estimate of drug-likeness (QED) is 0.738. The zero-order chi connectivity index (χ0) is 13.2. The summed E-state index contributed by atoms with van der Waals surface area (Å²) in [5.41, 5.74) is 0.339. The second-order valence-corrected chi connectivity index (χ2v) is 6.93. The molecular formula is C11H19N3O3S. The molecule has 0 amide bonds. The van der Waals surface area contributed by atoms with Crippen molar-refractivity contribution in [3.05, 3.63) is 11.8 Å². The van der Waals surface area contributed by atoms with E-state index in [0.717, 1.165) is 25.7 Å². The van der Waals surface area contributed by atoms with Crippen LogP contribution in [0.1, 0.15) is 38.2 Å². The molecule has 18 heavy (non-hydrogen) atoms. The molecule has 1 aliphatic carbocycles. The number of aliphatic hydroxyl groups is 1. The molecule has 7 heteroatoms. The lowest BCUT2D eigenvalue weighted by molar-refractivity contribution is 0.278. The lowest BCUT2D eigenvalue weighted by atomic mass is 9.89. The number of nitrogens with one attached hydrogen (secondary N) is 2. The highest BCUT2D eigenvalue weighted by molar-refractivity contribution is 7.89. The summed E-state index contributed by atoms with van der Waals surface area (Å²) in [4.78, 5) is 0. The van der Waals surface area contributed by atoms with E-state index in [-0.39, 0.29) is 17.0 Å². The van der Waals surface area contributed by atoms with Gasteiger partial charge in [-0.3, -0.25) is 5.10 Å². The molecule has 1 fully saturated rings. The number of aromatic amines is 1. The lowest BCUT2D eigenvalue weighted by Gasteiger charge is -2.23. The third kappa shape index (κ3) is 2.73. The van der Waals surface area contributed by atoms with Crippen LogP contribution in [0, 0.1) is 5.41 Å². The SMILES string of the molecule is CC1(CNS(=O)(=O)c2[nH]ncc2CO)CCCC1. The van der Waals surface area contributed by atoms with Gasteiger partial charge in [0.2, 0.25) is 0 Å². The van der Waals surface area contributed by atoms with Gasteiger partial charge in [0.05, 0.1) is 12.8 Å². The first-order valence-corrected chi connectivity index (χ1v) is 7.58. The van der Waals surface area contributed by atoms with E-state index in [9.17, 15) is 8.42 Å². The van der Waals surface area contributed by atoms with Crippen molar-refractivity contribution in [2.24, 2.45) is 5.41 Å². The molecular weight excluding hydrogens is 254 g/mol. The zero-order valence-electron chi connectivity index (χ0n) is 10.4. The summed E-state index contributed by atoms with van der Waals surface area (Å²) in [7, 11) is -3.61. The fourth-order valence-corrected chi connectivity index (χ4v) is 3.71. The molecule has 102 valence electrons. The van der Waals surface area contributed by atoms with E-state index in [0.29, 0.717) is 12.1 Å². The van der Waals surface area contributed by atoms with Gasteiger partial charge in [-0.1, -0.05) is 19.8 Å². The van der Waals surface area contributed by atoms with Crippen molar-refractivity contribution < 1.29 is 13.5 Å². The van der Waals surface area contributed by atoms with E-state index < -0.39 is 10.0 Å². The molecule has 3 N–H and O–H groups in total. The Morgan fingerprint density at radius 3 is 2.78 bits per heavy atom. The van der Waals surface area contributed by atoms with E-state index >= 15 is 0 Å². The van der Waals surface area contributed by atoms with Crippen LogP contribution in [-0.4, -0.2) is 30.3 Å². The Morgan fingerprint density at radius 2 is 2.17 bits per heavy atom. The van der Waals surface area contributed by atoms with Crippen LogP contribution >= 0.6 is 0 Å². The minimum absolute atomic E-state index is 0.0356. The topological polar surface area (TPSA) is 95.1 Å². The molecule has 1 heterocycles. The van der Waals surface area contributed by atoms with E-state index in [1.807, 2.05) is 0 Å². The minimum atomic E-state index is -3.61. The van der Waals surface area contributed by atoms with Gasteiger partial charge >= 0.3 is 0 Å². The van der Waals surface area contributed by atoms with Crippen LogP contribution in [0.3, 0.4) is 0 Å². The van der Waals surface area contributed by atoms with E-state index in [4.69, 9.17) is 5.11 Å². The van der Waals surface area contributed by atoms with Crippen LogP contribution in [0.2, 0.25) is 0 Å². The summed E-state index contributed by atoms with van der Waals surface area (Å²) in [6.07, 6.45) is 5.73. The molecule has 1 saturated carbocycles. The first-order valence-electron chi connectivity index (χ1n) is 6.10. The van der Waals surface area contributed by atoms with Crippen LogP contribution in [-0.2, 0) is 16.6 Å². The van der Waals surface area contributed by atoms with Crippen molar-refractivity contribution in [3.63, 3.8) is 0 Å². The Balaban J connectivity index is 2.08. The van der Waals surface area contributed by atoms with Gasteiger partial charge in [-0.15, -0.1) is 0 Å². The number of hydrogen-bond donors (Lipinski definition) is 3. The van der Waals surface area contributed by atoms with Gasteiger partial charge in [-0.2, -0.15) is 5.10 Å². The fourth-order valence-electron chi connectivity index (χ4n) is 2.39. The summed E-state index contributed by atoms with van der Waals surface area (Å²) >= 11 is 0. The van der Waals surface area contributed by atoms with Gasteiger partial charge in [0.25, 0.3) is 10.0 Å². The van der Waals surface area contributed by atoms with Crippen molar-refractivity contribution in [2.75, 3.05) is 6.54 Å². The van der Waals surface area contributed by atoms with Crippen LogP contribution in [0.25, 0.3) is 0 Å². The van der Waals surface area contributed by atoms with Crippen molar-refractivity contribution in [1.82, 2.24) is 14.9 Å². The van der Waals surface area contributed by atoms with Gasteiger partial charge in [0.1, 0.15) is 0 Å². The van der Waals surface area contributed by atoms with Gasteiger partial charge in [-0.25, -0.2) is 13.1 Å². The molecule has 1 aliphatic rings. The molecule has 0 spiro atoms. The average Bonchev–Trinajstić information content (AvgIpc) is 2.96. The first-order chi connectivity index (χ1) is 8.47. The van der Waals surface area contributed by atoms with E-state index in [1.165, 1.54) is 6.20 Å². The Morgan fingerprint density at radius 1 is 1.50 bits per heavy atom. The highest BCUT2D eigenvalue weighted by Gasteiger charge is 2.31. The number of aliphatic hydroxyl groups excluding tert-OH is 1. The zero-order valence-corrected chi connectivity index (χ0v) is 11.3. The monoisotopic (exact) mass is 273 g/mol. The summed E-state index contributed by atoms with van der Waals surface area (Å²) in [6.45, 7) is 2.19. The molecule has 0 radical (unpaired) electrons. The minimum Gasteiger partial charge on any atom is -0.392 e. The number of rotatable bonds is 5. The van der Waals surface area contributed by atoms with Crippen LogP contribution in [0.5, 0.6) is 0 Å². The number of hydrogen-bond acceptors (Lipinski definition) is 4. The van der Waals surface area contributed by atoms with Crippen LogP contribution in [0.4, 0.5) is 0 Å². The predicted octanol–water partition coefficient (Wildman–Crippen LogP) is 0.761. The second-order valence-electron chi connectivity index (χ2n) is 5.22. The summed E-state index contributed by atoms with van der Waals surface area (Å²) in [5.74, 6) is 0. The Bertz CT molecular complexity index is 503. The third-order valence-electron chi connectivity index (χ3n) is 3.62. The van der Waals surface area contributed by atoms with Crippen LogP contribution < -0.4 is 4.72 Å². The largest absolute Gasteiger partial charge is 0.392 e. The van der Waals surface area contributed by atoms with E-state index in [1.54, 1.807) is 0 Å². The van der Waals surface area contributed by atoms with Crippen molar-refractivity contribution in [2.45, 2.75) is 44.2 Å². The Hall–Kier alpha value is -0.920. The molecule has 1 aromatic rings. The standard InChI is InChI=1S/C11H19N3O3S/c1-11(4-2-3-5-11)8-13-18(16,17)10-9(7-15)6-12-14-10/h6,13,15H,2-5,7-8H2,1H3,(H,12,14). The van der Waals surface area contributed by atoms with E-state index in [2.05, 4.69) is 21.8 Å². The molecule has 1 aromatic heterocycles. The maximum atomic E-state index is 12.1. The molecule has 6 nitrogen and oxygen atoms in total. The van der Waals surface area contributed by atoms with Crippen molar-refractivity contribution in [1.29, 1.82) is 0 Å². The van der Waals surface area contributed by atoms with Crippen LogP contribution in [0.15, 0.2) is 11.2 Å². The van der Waals surface area contributed by atoms with Gasteiger partial charge in [0, 0.05) is 12.1 Å². The maximum absolute atomic E-state index is 12.1. The molecule has 0 saturated heterocycles. The first kappa shape index (κ1) is 13.5. The number of nitrogens with zero attached hydrogens (tertiary/aromatic N) is 1. The third-order valence-corrected chi connectivity index (χ3v) is 5.03. The normalized spacial score (nSPS) is 19.2. The summed E-state index contributed by atoms with van der Waals surface area (Å²) in [6, 6.07) is 0. The predicted molar refractivity (Wildman–Crippen MR) is 66.3 cm³/mol. The molecule has 2 rings (SSSR count). The second kappa shape index (κ2) is 4.99.